The minimum Gasteiger partial charge on any atom is -0.264 e. The maximum atomic E-state index is 4.17. The highest BCUT2D eigenvalue weighted by molar-refractivity contribution is 5.53. The van der Waals surface area contributed by atoms with E-state index in [4.69, 9.17) is 0 Å². The predicted molar refractivity (Wildman–Crippen MR) is 57.7 cm³/mol. The van der Waals surface area contributed by atoms with Gasteiger partial charge in [0.2, 0.25) is 0 Å². The van der Waals surface area contributed by atoms with Crippen LogP contribution in [0, 0.1) is 13.8 Å². The van der Waals surface area contributed by atoms with E-state index in [0.29, 0.717) is 0 Å². The summed E-state index contributed by atoms with van der Waals surface area (Å²) in [7, 11) is 0. The molecule has 70 valence electrons. The van der Waals surface area contributed by atoms with E-state index in [1.807, 2.05) is 12.4 Å². The van der Waals surface area contributed by atoms with E-state index < -0.39 is 0 Å². The van der Waals surface area contributed by atoms with Crippen molar-refractivity contribution in [1.29, 1.82) is 0 Å². The molecule has 0 fully saturated rings. The van der Waals surface area contributed by atoms with Crippen LogP contribution in [-0.2, 0) is 0 Å². The first-order valence-corrected chi connectivity index (χ1v) is 4.83. The molecule has 13 heavy (non-hydrogen) atoms. The number of aryl methyl sites for hydroxylation is 1. The lowest BCUT2D eigenvalue weighted by molar-refractivity contribution is 0.962. The number of hydrogen-bond donors (Lipinski definition) is 0. The molecule has 0 radical (unpaired) electrons. The van der Waals surface area contributed by atoms with Gasteiger partial charge in [-0.3, -0.25) is 4.98 Å². The highest BCUT2D eigenvalue weighted by Gasteiger charge is 1.96. The lowest BCUT2D eigenvalue weighted by atomic mass is 10.1. The van der Waals surface area contributed by atoms with Gasteiger partial charge in [-0.05, 0) is 37.0 Å². The van der Waals surface area contributed by atoms with Crippen molar-refractivity contribution in [2.75, 3.05) is 0 Å². The van der Waals surface area contributed by atoms with Crippen LogP contribution >= 0.6 is 0 Å². The normalized spacial score (nSPS) is 11.0. The topological polar surface area (TPSA) is 12.9 Å². The van der Waals surface area contributed by atoms with E-state index in [9.17, 15) is 0 Å². The van der Waals surface area contributed by atoms with Gasteiger partial charge >= 0.3 is 0 Å². The van der Waals surface area contributed by atoms with Crippen LogP contribution in [0.25, 0.3) is 6.08 Å². The minimum absolute atomic E-state index is 1.15. The molecule has 0 spiro atoms. The Morgan fingerprint density at radius 3 is 2.77 bits per heavy atom. The predicted octanol–water partition coefficient (Wildman–Crippen LogP) is 3.51. The number of hydrogen-bond acceptors (Lipinski definition) is 1. The molecule has 0 amide bonds. The van der Waals surface area contributed by atoms with Crippen LogP contribution in [0.15, 0.2) is 18.5 Å². The van der Waals surface area contributed by atoms with Gasteiger partial charge in [-0.2, -0.15) is 0 Å². The van der Waals surface area contributed by atoms with Gasteiger partial charge in [-0.15, -0.1) is 0 Å². The molecule has 0 N–H and O–H groups in total. The molecule has 0 unspecified atom stereocenters. The van der Waals surface area contributed by atoms with Crippen molar-refractivity contribution in [3.05, 3.63) is 35.2 Å². The largest absolute Gasteiger partial charge is 0.264 e. The fourth-order valence-corrected chi connectivity index (χ4v) is 1.20. The van der Waals surface area contributed by atoms with E-state index in [1.165, 1.54) is 23.1 Å². The second kappa shape index (κ2) is 4.80. The van der Waals surface area contributed by atoms with Gasteiger partial charge in [0.05, 0.1) is 0 Å². The van der Waals surface area contributed by atoms with E-state index in [1.54, 1.807) is 0 Å². The molecule has 1 nitrogen and oxygen atoms in total. The van der Waals surface area contributed by atoms with Gasteiger partial charge in [0.15, 0.2) is 0 Å². The van der Waals surface area contributed by atoms with Crippen LogP contribution in [0.1, 0.15) is 36.5 Å². The third kappa shape index (κ3) is 2.69. The summed E-state index contributed by atoms with van der Waals surface area (Å²) in [6.45, 7) is 6.42. The molecule has 0 aliphatic rings. The van der Waals surface area contributed by atoms with Crippen molar-refractivity contribution in [3.63, 3.8) is 0 Å². The highest BCUT2D eigenvalue weighted by atomic mass is 14.6. The summed E-state index contributed by atoms with van der Waals surface area (Å²) in [6.07, 6.45) is 10.6. The molecule has 0 aliphatic heterocycles. The summed E-state index contributed by atoms with van der Waals surface area (Å²) in [5.74, 6) is 0. The van der Waals surface area contributed by atoms with Crippen LogP contribution in [0.5, 0.6) is 0 Å². The second-order valence-corrected chi connectivity index (χ2v) is 3.36. The maximum absolute atomic E-state index is 4.17. The van der Waals surface area contributed by atoms with E-state index in [-0.39, 0.29) is 0 Å². The summed E-state index contributed by atoms with van der Waals surface area (Å²) in [4.78, 5) is 4.17. The van der Waals surface area contributed by atoms with Crippen molar-refractivity contribution >= 4 is 6.08 Å². The Morgan fingerprint density at radius 1 is 1.31 bits per heavy atom. The number of pyridine rings is 1. The molecule has 0 saturated heterocycles. The quantitative estimate of drug-likeness (QED) is 0.685. The zero-order valence-corrected chi connectivity index (χ0v) is 8.67. The van der Waals surface area contributed by atoms with Crippen LogP contribution in [0.4, 0.5) is 0 Å². The molecule has 1 heterocycles. The van der Waals surface area contributed by atoms with Gasteiger partial charge in [0, 0.05) is 12.4 Å². The Kier molecular flexibility index (Phi) is 3.69. The molecular formula is C12H17N. The van der Waals surface area contributed by atoms with E-state index in [0.717, 1.165) is 6.42 Å². The van der Waals surface area contributed by atoms with Crippen molar-refractivity contribution in [1.82, 2.24) is 4.98 Å². The average Bonchev–Trinajstić information content (AvgIpc) is 2.13. The Hall–Kier alpha value is -1.11. The molecule has 1 aromatic rings. The third-order valence-electron chi connectivity index (χ3n) is 2.26. The zero-order chi connectivity index (χ0) is 9.68. The van der Waals surface area contributed by atoms with Gasteiger partial charge in [0.25, 0.3) is 0 Å². The monoisotopic (exact) mass is 175 g/mol. The second-order valence-electron chi connectivity index (χ2n) is 3.36. The maximum Gasteiger partial charge on any atom is 0.0343 e. The number of unbranched alkanes of at least 4 members (excludes halogenated alkanes) is 1. The van der Waals surface area contributed by atoms with Crippen molar-refractivity contribution in [2.45, 2.75) is 33.6 Å². The standard InChI is InChI=1S/C12H17N/c1-4-5-6-7-12-9-13-8-10(2)11(12)3/h6-9H,4-5H2,1-3H3/b7-6-. The SMILES string of the molecule is CCC/C=C\c1cncc(C)c1C. The molecule has 0 aliphatic carbocycles. The number of rotatable bonds is 3. The number of nitrogens with zero attached hydrogens (tertiary/aromatic N) is 1. The van der Waals surface area contributed by atoms with Crippen LogP contribution in [0.2, 0.25) is 0 Å². The molecular weight excluding hydrogens is 158 g/mol. The first-order valence-electron chi connectivity index (χ1n) is 4.83. The fraction of sp³-hybridized carbons (Fsp3) is 0.417. The van der Waals surface area contributed by atoms with Crippen molar-refractivity contribution < 1.29 is 0 Å². The Morgan fingerprint density at radius 2 is 2.08 bits per heavy atom. The average molecular weight is 175 g/mol. The highest BCUT2D eigenvalue weighted by Crippen LogP contribution is 2.12. The minimum atomic E-state index is 1.15. The first kappa shape index (κ1) is 9.97. The van der Waals surface area contributed by atoms with Gasteiger partial charge in [0.1, 0.15) is 0 Å². The van der Waals surface area contributed by atoms with Crippen molar-refractivity contribution in [3.8, 4) is 0 Å². The first-order chi connectivity index (χ1) is 6.25. The van der Waals surface area contributed by atoms with Gasteiger partial charge < -0.3 is 0 Å². The number of allylic oxidation sites excluding steroid dienone is 1. The molecule has 1 aromatic heterocycles. The Labute approximate surface area is 80.5 Å². The fourth-order valence-electron chi connectivity index (χ4n) is 1.20. The lowest BCUT2D eigenvalue weighted by Crippen LogP contribution is -1.87. The summed E-state index contributed by atoms with van der Waals surface area (Å²) in [5, 5.41) is 0. The van der Waals surface area contributed by atoms with Crippen LogP contribution in [-0.4, -0.2) is 4.98 Å². The summed E-state index contributed by atoms with van der Waals surface area (Å²) in [5.41, 5.74) is 3.84. The van der Waals surface area contributed by atoms with Crippen LogP contribution < -0.4 is 0 Å². The Balaban J connectivity index is 2.83. The lowest BCUT2D eigenvalue weighted by Gasteiger charge is -2.02. The van der Waals surface area contributed by atoms with Crippen LogP contribution in [0.3, 0.4) is 0 Å². The molecule has 1 heteroatoms. The zero-order valence-electron chi connectivity index (χ0n) is 8.67. The third-order valence-corrected chi connectivity index (χ3v) is 2.26. The Bertz CT molecular complexity index is 300. The van der Waals surface area contributed by atoms with E-state index >= 15 is 0 Å². The molecule has 0 aromatic carbocycles. The van der Waals surface area contributed by atoms with E-state index in [2.05, 4.69) is 37.9 Å². The number of aromatic nitrogens is 1. The van der Waals surface area contributed by atoms with Crippen molar-refractivity contribution in [2.24, 2.45) is 0 Å². The molecule has 0 atom stereocenters. The summed E-state index contributed by atoms with van der Waals surface area (Å²) >= 11 is 0. The molecule has 0 bridgehead atoms. The smallest absolute Gasteiger partial charge is 0.0343 e. The molecule has 0 saturated carbocycles. The summed E-state index contributed by atoms with van der Waals surface area (Å²) < 4.78 is 0. The molecule has 1 rings (SSSR count). The van der Waals surface area contributed by atoms with Gasteiger partial charge in [-0.25, -0.2) is 0 Å². The van der Waals surface area contributed by atoms with Gasteiger partial charge in [-0.1, -0.05) is 25.5 Å². The summed E-state index contributed by atoms with van der Waals surface area (Å²) in [6, 6.07) is 0.